The van der Waals surface area contributed by atoms with Gasteiger partial charge in [-0.05, 0) is 122 Å². The number of aliphatic hydroxyl groups excluding tert-OH is 1. The van der Waals surface area contributed by atoms with Crippen LogP contribution >= 0.6 is 0 Å². The predicted octanol–water partition coefficient (Wildman–Crippen LogP) is 8.27. The summed E-state index contributed by atoms with van der Waals surface area (Å²) in [6.07, 6.45) is 14.4. The lowest BCUT2D eigenvalue weighted by Gasteiger charge is -2.63. The summed E-state index contributed by atoms with van der Waals surface area (Å²) in [5.74, 6) is 6.89. The molecule has 1 heteroatoms. The molecule has 4 aliphatic carbocycles. The van der Waals surface area contributed by atoms with Gasteiger partial charge in [0.2, 0.25) is 0 Å². The van der Waals surface area contributed by atoms with Crippen LogP contribution in [0.3, 0.4) is 0 Å². The van der Waals surface area contributed by atoms with Crippen molar-refractivity contribution in [2.75, 3.05) is 0 Å². The summed E-state index contributed by atoms with van der Waals surface area (Å²) in [6, 6.07) is 0. The molecule has 1 N–H and O–H groups in total. The molecular weight excluding hydrogens is 376 g/mol. The van der Waals surface area contributed by atoms with Crippen molar-refractivity contribution in [1.82, 2.24) is 0 Å². The minimum Gasteiger partial charge on any atom is -0.393 e. The van der Waals surface area contributed by atoms with Gasteiger partial charge in [-0.2, -0.15) is 0 Å². The fourth-order valence-corrected chi connectivity index (χ4v) is 10.0. The Labute approximate surface area is 193 Å². The summed E-state index contributed by atoms with van der Waals surface area (Å²) in [6.45, 7) is 19.5. The minimum atomic E-state index is -0.0337. The third-order valence-electron chi connectivity index (χ3n) is 12.1. The second kappa shape index (κ2) is 8.81. The Balaban J connectivity index is 1.56. The molecular formula is C30H52O. The summed E-state index contributed by atoms with van der Waals surface area (Å²) in [4.78, 5) is 0. The van der Waals surface area contributed by atoms with E-state index in [1.54, 1.807) is 0 Å². The van der Waals surface area contributed by atoms with E-state index in [1.807, 2.05) is 0 Å². The molecule has 0 amide bonds. The van der Waals surface area contributed by atoms with Crippen LogP contribution in [0.1, 0.15) is 112 Å². The third-order valence-corrected chi connectivity index (χ3v) is 12.1. The Morgan fingerprint density at radius 2 is 1.61 bits per heavy atom. The topological polar surface area (TPSA) is 20.2 Å². The van der Waals surface area contributed by atoms with Crippen molar-refractivity contribution in [1.29, 1.82) is 0 Å². The fraction of sp³-hybridized carbons (Fsp3) is 0.933. The molecule has 0 saturated heterocycles. The van der Waals surface area contributed by atoms with Gasteiger partial charge >= 0.3 is 0 Å². The lowest BCUT2D eigenvalue weighted by Crippen LogP contribution is -2.56. The van der Waals surface area contributed by atoms with E-state index < -0.39 is 0 Å². The summed E-state index contributed by atoms with van der Waals surface area (Å²) in [5.41, 5.74) is 2.48. The summed E-state index contributed by atoms with van der Waals surface area (Å²) in [5, 5.41) is 10.5. The van der Waals surface area contributed by atoms with Crippen LogP contribution in [0, 0.1) is 58.2 Å². The average Bonchev–Trinajstić information content (AvgIpc) is 3.10. The smallest absolute Gasteiger partial charge is 0.0543 e. The van der Waals surface area contributed by atoms with Crippen molar-refractivity contribution in [2.45, 2.75) is 118 Å². The van der Waals surface area contributed by atoms with Gasteiger partial charge in [-0.25, -0.2) is 0 Å². The van der Waals surface area contributed by atoms with Crippen molar-refractivity contribution >= 4 is 0 Å². The molecule has 4 fully saturated rings. The lowest BCUT2D eigenvalue weighted by molar-refractivity contribution is -0.153. The fourth-order valence-electron chi connectivity index (χ4n) is 10.0. The van der Waals surface area contributed by atoms with Crippen LogP contribution in [-0.2, 0) is 0 Å². The molecule has 0 aromatic rings. The van der Waals surface area contributed by atoms with E-state index in [-0.39, 0.29) is 6.10 Å². The first-order chi connectivity index (χ1) is 14.7. The van der Waals surface area contributed by atoms with Gasteiger partial charge in [-0.3, -0.25) is 0 Å². The molecule has 0 aromatic heterocycles. The van der Waals surface area contributed by atoms with Crippen LogP contribution in [0.25, 0.3) is 0 Å². The molecule has 0 radical (unpaired) electrons. The zero-order valence-electron chi connectivity index (χ0n) is 21.6. The summed E-state index contributed by atoms with van der Waals surface area (Å²) < 4.78 is 0. The van der Waals surface area contributed by atoms with Gasteiger partial charge < -0.3 is 5.11 Å². The molecule has 4 rings (SSSR count). The maximum Gasteiger partial charge on any atom is 0.0543 e. The summed E-state index contributed by atoms with van der Waals surface area (Å²) in [7, 11) is 0. The van der Waals surface area contributed by atoms with Gasteiger partial charge in [-0.1, -0.05) is 60.1 Å². The number of rotatable bonds is 6. The first-order valence-corrected chi connectivity index (χ1v) is 14.0. The third kappa shape index (κ3) is 3.87. The highest BCUT2D eigenvalue weighted by Crippen LogP contribution is 2.69. The second-order valence-electron chi connectivity index (χ2n) is 13.2. The number of aliphatic hydroxyl groups is 1. The number of fused-ring (bicyclic) bond motifs is 5. The lowest BCUT2D eigenvalue weighted by atomic mass is 9.42. The Morgan fingerprint density at radius 1 is 0.935 bits per heavy atom. The molecule has 4 unspecified atom stereocenters. The van der Waals surface area contributed by atoms with Crippen molar-refractivity contribution in [2.24, 2.45) is 58.2 Å². The van der Waals surface area contributed by atoms with Gasteiger partial charge in [0.15, 0.2) is 0 Å². The van der Waals surface area contributed by atoms with E-state index in [0.717, 1.165) is 66.6 Å². The molecule has 0 aromatic carbocycles. The van der Waals surface area contributed by atoms with Gasteiger partial charge in [0.1, 0.15) is 0 Å². The number of hydrogen-bond donors (Lipinski definition) is 1. The number of allylic oxidation sites excluding steroid dienone is 1. The Hall–Kier alpha value is -0.300. The van der Waals surface area contributed by atoms with Gasteiger partial charge in [0.05, 0.1) is 6.10 Å². The molecule has 11 atom stereocenters. The highest BCUT2D eigenvalue weighted by atomic mass is 16.3. The van der Waals surface area contributed by atoms with E-state index in [1.165, 1.54) is 56.9 Å². The Bertz CT molecular complexity index is 653. The monoisotopic (exact) mass is 428 g/mol. The molecule has 178 valence electrons. The normalized spacial score (nSPS) is 48.9. The summed E-state index contributed by atoms with van der Waals surface area (Å²) >= 11 is 0. The maximum atomic E-state index is 10.5. The van der Waals surface area contributed by atoms with E-state index in [0.29, 0.717) is 10.8 Å². The van der Waals surface area contributed by atoms with Crippen LogP contribution in [0.15, 0.2) is 12.2 Å². The molecule has 0 spiro atoms. The maximum absolute atomic E-state index is 10.5. The van der Waals surface area contributed by atoms with Crippen molar-refractivity contribution < 1.29 is 5.11 Å². The van der Waals surface area contributed by atoms with Gasteiger partial charge in [0.25, 0.3) is 0 Å². The van der Waals surface area contributed by atoms with E-state index in [9.17, 15) is 5.11 Å². The minimum absolute atomic E-state index is 0.0337. The van der Waals surface area contributed by atoms with Crippen molar-refractivity contribution in [3.8, 4) is 0 Å². The van der Waals surface area contributed by atoms with E-state index >= 15 is 0 Å². The van der Waals surface area contributed by atoms with Crippen LogP contribution in [0.4, 0.5) is 0 Å². The molecule has 0 aliphatic heterocycles. The molecule has 0 bridgehead atoms. The van der Waals surface area contributed by atoms with Crippen LogP contribution in [-0.4, -0.2) is 11.2 Å². The van der Waals surface area contributed by atoms with Crippen LogP contribution in [0.2, 0.25) is 0 Å². The standard InChI is InChI=1S/C30H52O/c1-8-19(3)16-20(4)21(5)25-10-11-26-24-17-22(9-2)28-18-23(31)12-14-30(28,7)27(24)13-15-29(25,26)6/h20-28,31H,3,8-18H2,1-2,4-7H3/t20?,21-,22+,23-,24?,25-,26?,27?,28+,29-,30-/m1/s1. The number of hydrogen-bond acceptors (Lipinski definition) is 1. The van der Waals surface area contributed by atoms with Crippen LogP contribution in [0.5, 0.6) is 0 Å². The van der Waals surface area contributed by atoms with E-state index in [2.05, 4.69) is 48.1 Å². The molecule has 4 saturated carbocycles. The van der Waals surface area contributed by atoms with Gasteiger partial charge in [-0.15, -0.1) is 0 Å². The van der Waals surface area contributed by atoms with Crippen LogP contribution < -0.4 is 0 Å². The SMILES string of the molecule is C=C(CC)CC(C)[C@@H](C)[C@H]1CCC2C3C[C@H](CC)[C@@H]4C[C@H](O)CC[C@]4(C)C3CC[C@@]21C. The molecule has 31 heavy (non-hydrogen) atoms. The molecule has 4 aliphatic rings. The quantitative estimate of drug-likeness (QED) is 0.422. The zero-order valence-corrected chi connectivity index (χ0v) is 21.6. The van der Waals surface area contributed by atoms with Gasteiger partial charge in [0, 0.05) is 0 Å². The highest BCUT2D eigenvalue weighted by Gasteiger charge is 2.62. The first kappa shape index (κ1) is 23.8. The Kier molecular flexibility index (Phi) is 6.78. The predicted molar refractivity (Wildman–Crippen MR) is 133 cm³/mol. The average molecular weight is 429 g/mol. The van der Waals surface area contributed by atoms with E-state index in [4.69, 9.17) is 0 Å². The molecule has 1 nitrogen and oxygen atoms in total. The van der Waals surface area contributed by atoms with Crippen molar-refractivity contribution in [3.05, 3.63) is 12.2 Å². The zero-order chi connectivity index (χ0) is 22.6. The highest BCUT2D eigenvalue weighted by molar-refractivity contribution is 5.11. The second-order valence-corrected chi connectivity index (χ2v) is 13.2. The Morgan fingerprint density at radius 3 is 2.29 bits per heavy atom. The van der Waals surface area contributed by atoms with Crippen molar-refractivity contribution in [3.63, 3.8) is 0 Å². The first-order valence-electron chi connectivity index (χ1n) is 14.0. The largest absolute Gasteiger partial charge is 0.393 e. The molecule has 0 heterocycles.